The first kappa shape index (κ1) is 30.6. The van der Waals surface area contributed by atoms with Gasteiger partial charge in [0, 0.05) is 58.9 Å². The van der Waals surface area contributed by atoms with E-state index in [1.165, 1.54) is 55.6 Å². The first-order valence-electron chi connectivity index (χ1n) is 18.4. The Bertz CT molecular complexity index is 2640. The molecule has 2 aromatic heterocycles. The molecule has 3 aliphatic rings. The fourth-order valence-electron chi connectivity index (χ4n) is 8.85. The lowest BCUT2D eigenvalue weighted by atomic mass is 9.88. The van der Waals surface area contributed by atoms with Crippen LogP contribution in [-0.4, -0.2) is 21.4 Å². The molecule has 0 saturated carbocycles. The maximum atomic E-state index is 5.46. The van der Waals surface area contributed by atoms with Crippen LogP contribution in [0.4, 0.5) is 11.4 Å². The molecule has 0 saturated heterocycles. The predicted octanol–water partition coefficient (Wildman–Crippen LogP) is 11.4. The summed E-state index contributed by atoms with van der Waals surface area (Å²) in [4.78, 5) is 20.1. The fourth-order valence-corrected chi connectivity index (χ4v) is 8.85. The number of aromatic nitrogens is 2. The largest absolute Gasteiger partial charge is 0.264 e. The molecule has 0 fully saturated rings. The van der Waals surface area contributed by atoms with Gasteiger partial charge in [-0.15, -0.1) is 0 Å². The molecule has 6 aromatic carbocycles. The molecule has 3 heterocycles. The van der Waals surface area contributed by atoms with Gasteiger partial charge in [0.25, 0.3) is 0 Å². The van der Waals surface area contributed by atoms with Crippen molar-refractivity contribution in [2.24, 2.45) is 9.98 Å². The minimum absolute atomic E-state index is 0.181. The molecule has 1 aliphatic heterocycles. The monoisotopic (exact) mass is 688 g/mol. The third-order valence-electron chi connectivity index (χ3n) is 11.2. The number of rotatable bonds is 4. The number of fused-ring (bicyclic) bond motifs is 8. The highest BCUT2D eigenvalue weighted by molar-refractivity contribution is 6.23. The number of aliphatic imine (C=N–C) groups is 2. The van der Waals surface area contributed by atoms with Crippen LogP contribution in [0, 0.1) is 0 Å². The van der Waals surface area contributed by atoms with E-state index in [4.69, 9.17) is 9.98 Å². The molecule has 2 unspecified atom stereocenters. The zero-order valence-corrected chi connectivity index (χ0v) is 29.3. The van der Waals surface area contributed by atoms with Gasteiger partial charge < -0.3 is 0 Å². The highest BCUT2D eigenvalue weighted by Gasteiger charge is 2.32. The zero-order chi connectivity index (χ0) is 35.6. The lowest BCUT2D eigenvalue weighted by Crippen LogP contribution is -2.11. The summed E-state index contributed by atoms with van der Waals surface area (Å²) >= 11 is 0. The molecule has 4 nitrogen and oxygen atoms in total. The van der Waals surface area contributed by atoms with E-state index in [0.29, 0.717) is 0 Å². The van der Waals surface area contributed by atoms with Crippen LogP contribution in [-0.2, 0) is 0 Å². The second-order valence-corrected chi connectivity index (χ2v) is 14.2. The van der Waals surface area contributed by atoms with Gasteiger partial charge in [-0.2, -0.15) is 0 Å². The zero-order valence-electron chi connectivity index (χ0n) is 29.3. The van der Waals surface area contributed by atoms with Crippen molar-refractivity contribution in [2.45, 2.75) is 11.8 Å². The number of hydrogen-bond acceptors (Lipinski definition) is 4. The minimum Gasteiger partial charge on any atom is -0.264 e. The fraction of sp³-hybridized carbons (Fsp3) is 0.0400. The van der Waals surface area contributed by atoms with Gasteiger partial charge in [0.1, 0.15) is 0 Å². The average molecular weight is 689 g/mol. The Morgan fingerprint density at radius 3 is 1.20 bits per heavy atom. The summed E-state index contributed by atoms with van der Waals surface area (Å²) in [6.45, 7) is 0. The molecule has 252 valence electrons. The third kappa shape index (κ3) is 4.77. The van der Waals surface area contributed by atoms with E-state index in [1.807, 2.05) is 36.9 Å². The summed E-state index contributed by atoms with van der Waals surface area (Å²) in [5.41, 5.74) is 20.0. The topological polar surface area (TPSA) is 50.5 Å². The van der Waals surface area contributed by atoms with Crippen LogP contribution in [0.2, 0.25) is 0 Å². The second-order valence-electron chi connectivity index (χ2n) is 14.2. The van der Waals surface area contributed by atoms with Gasteiger partial charge in [0.2, 0.25) is 0 Å². The lowest BCUT2D eigenvalue weighted by molar-refractivity contribution is 1.01. The summed E-state index contributed by atoms with van der Waals surface area (Å²) in [5.74, 6) is 0.363. The normalized spacial score (nSPS) is 17.9. The summed E-state index contributed by atoms with van der Waals surface area (Å²) in [5, 5.41) is 0. The summed E-state index contributed by atoms with van der Waals surface area (Å²) in [7, 11) is 0. The first-order chi connectivity index (χ1) is 26.8. The third-order valence-corrected chi connectivity index (χ3v) is 11.2. The molecular formula is C50H32N4. The van der Waals surface area contributed by atoms with Gasteiger partial charge in [0.05, 0.1) is 22.8 Å². The smallest absolute Gasteiger partial charge is 0.0819 e. The average Bonchev–Trinajstić information content (AvgIpc) is 3.74. The van der Waals surface area contributed by atoms with Crippen molar-refractivity contribution in [1.29, 1.82) is 0 Å². The van der Waals surface area contributed by atoms with Crippen LogP contribution in [0.15, 0.2) is 192 Å². The van der Waals surface area contributed by atoms with E-state index in [9.17, 15) is 0 Å². The number of pyridine rings is 2. The van der Waals surface area contributed by atoms with E-state index >= 15 is 0 Å². The van der Waals surface area contributed by atoms with Crippen LogP contribution in [0.3, 0.4) is 0 Å². The maximum absolute atomic E-state index is 5.46. The minimum atomic E-state index is 0.181. The molecule has 8 aromatic rings. The van der Waals surface area contributed by atoms with Crippen LogP contribution in [0.25, 0.3) is 22.3 Å². The van der Waals surface area contributed by atoms with E-state index in [1.54, 1.807) is 0 Å². The standard InChI is InChI=1S/C50H32N4/c1-3-11-31(12-4-1)47-37-17-9-7-15-35(37)41-27-33(19-21-39(41)47)49-43-29-51-25-23-45(43)54-50(44-30-52-26-24-46(44)53-49)34-20-22-40-42(28-34)36-16-8-10-18-38(36)48(40)32-13-5-2-6-14-32/h1-30,47-48H/b49-43?,50-44?,53-46?,53-49-,54-45?,54-50-. The van der Waals surface area contributed by atoms with Crippen molar-refractivity contribution >= 4 is 22.8 Å². The molecule has 54 heavy (non-hydrogen) atoms. The van der Waals surface area contributed by atoms with E-state index in [2.05, 4.69) is 156 Å². The van der Waals surface area contributed by atoms with Crippen LogP contribution in [0.1, 0.15) is 67.5 Å². The maximum Gasteiger partial charge on any atom is 0.0819 e. The molecule has 11 rings (SSSR count). The van der Waals surface area contributed by atoms with Crippen molar-refractivity contribution in [2.75, 3.05) is 0 Å². The SMILES string of the molecule is c1ccc(C2c3ccccc3-c3cc(/C4=N/c5ccncc5/C(c5ccc6c(c5)-c5ccccc5C6c5ccccc5)=N\c5ccncc54)ccc32)cc1. The lowest BCUT2D eigenvalue weighted by Gasteiger charge is -2.19. The second kappa shape index (κ2) is 12.3. The van der Waals surface area contributed by atoms with Gasteiger partial charge in [-0.25, -0.2) is 9.98 Å². The van der Waals surface area contributed by atoms with Crippen molar-refractivity contribution in [3.8, 4) is 22.3 Å². The summed E-state index contributed by atoms with van der Waals surface area (Å²) < 4.78 is 0. The number of nitrogens with zero attached hydrogens (tertiary/aromatic N) is 4. The Kier molecular flexibility index (Phi) is 6.96. The van der Waals surface area contributed by atoms with E-state index < -0.39 is 0 Å². The number of hydrogen-bond donors (Lipinski definition) is 0. The molecule has 0 spiro atoms. The van der Waals surface area contributed by atoms with Crippen molar-refractivity contribution < 1.29 is 0 Å². The summed E-state index contributed by atoms with van der Waals surface area (Å²) in [6.07, 6.45) is 7.43. The Hall–Kier alpha value is -7.04. The van der Waals surface area contributed by atoms with Gasteiger partial charge in [0.15, 0.2) is 0 Å². The molecule has 2 aliphatic carbocycles. The molecular weight excluding hydrogens is 657 g/mol. The van der Waals surface area contributed by atoms with Gasteiger partial charge >= 0.3 is 0 Å². The molecule has 2 atom stereocenters. The predicted molar refractivity (Wildman–Crippen MR) is 218 cm³/mol. The summed E-state index contributed by atoms with van der Waals surface area (Å²) in [6, 6.07) is 56.7. The Balaban J connectivity index is 1.06. The van der Waals surface area contributed by atoms with Gasteiger partial charge in [-0.1, -0.05) is 133 Å². The first-order valence-corrected chi connectivity index (χ1v) is 18.4. The molecule has 4 heteroatoms. The molecule has 0 N–H and O–H groups in total. The van der Waals surface area contributed by atoms with Crippen molar-refractivity contribution in [1.82, 2.24) is 9.97 Å². The Labute approximate surface area is 314 Å². The Morgan fingerprint density at radius 1 is 0.333 bits per heavy atom. The van der Waals surface area contributed by atoms with Crippen LogP contribution in [0.5, 0.6) is 0 Å². The number of benzene rings is 6. The van der Waals surface area contributed by atoms with Crippen LogP contribution < -0.4 is 0 Å². The highest BCUT2D eigenvalue weighted by Crippen LogP contribution is 2.50. The van der Waals surface area contributed by atoms with E-state index in [-0.39, 0.29) is 11.8 Å². The van der Waals surface area contributed by atoms with Gasteiger partial charge in [-0.05, 0) is 79.9 Å². The van der Waals surface area contributed by atoms with Crippen molar-refractivity contribution in [3.05, 3.63) is 238 Å². The van der Waals surface area contributed by atoms with Gasteiger partial charge in [-0.3, -0.25) is 9.97 Å². The highest BCUT2D eigenvalue weighted by atomic mass is 14.9. The van der Waals surface area contributed by atoms with Crippen LogP contribution >= 0.6 is 0 Å². The van der Waals surface area contributed by atoms with E-state index in [0.717, 1.165) is 45.1 Å². The molecule has 0 radical (unpaired) electrons. The molecule has 0 amide bonds. The van der Waals surface area contributed by atoms with Crippen molar-refractivity contribution in [3.63, 3.8) is 0 Å². The quantitative estimate of drug-likeness (QED) is 0.185. The Morgan fingerprint density at radius 2 is 0.741 bits per heavy atom. The molecule has 0 bridgehead atoms.